The van der Waals surface area contributed by atoms with Crippen molar-refractivity contribution in [3.8, 4) is 28.1 Å². The SMILES string of the molecule is CCOc1ccc(-c2ncc(C#N)s2)cc1OCC. The molecular weight excluding hydrogens is 260 g/mol. The molecule has 2 rings (SSSR count). The van der Waals surface area contributed by atoms with Crippen molar-refractivity contribution in [3.05, 3.63) is 29.3 Å². The lowest BCUT2D eigenvalue weighted by Crippen LogP contribution is -1.98. The molecule has 0 spiro atoms. The molecule has 0 atom stereocenters. The van der Waals surface area contributed by atoms with Crippen LogP contribution in [0.1, 0.15) is 18.7 Å². The molecule has 1 aromatic carbocycles. The highest BCUT2D eigenvalue weighted by Gasteiger charge is 2.10. The summed E-state index contributed by atoms with van der Waals surface area (Å²) in [5.74, 6) is 1.43. The lowest BCUT2D eigenvalue weighted by atomic mass is 10.2. The van der Waals surface area contributed by atoms with Gasteiger partial charge in [-0.25, -0.2) is 4.98 Å². The Labute approximate surface area is 116 Å². The molecule has 0 amide bonds. The molecule has 0 saturated heterocycles. The van der Waals surface area contributed by atoms with E-state index in [1.165, 1.54) is 11.3 Å². The minimum absolute atomic E-state index is 0.574. The molecule has 0 aliphatic rings. The van der Waals surface area contributed by atoms with Crippen LogP contribution < -0.4 is 9.47 Å². The van der Waals surface area contributed by atoms with Crippen molar-refractivity contribution >= 4 is 11.3 Å². The second-order valence-electron chi connectivity index (χ2n) is 3.67. The molecule has 0 fully saturated rings. The molecule has 0 unspecified atom stereocenters. The van der Waals surface area contributed by atoms with Crippen LogP contribution in [0.15, 0.2) is 24.4 Å². The summed E-state index contributed by atoms with van der Waals surface area (Å²) in [6.45, 7) is 5.03. The highest BCUT2D eigenvalue weighted by atomic mass is 32.1. The number of hydrogen-bond acceptors (Lipinski definition) is 5. The van der Waals surface area contributed by atoms with Gasteiger partial charge in [0.15, 0.2) is 11.5 Å². The van der Waals surface area contributed by atoms with E-state index in [1.807, 2.05) is 32.0 Å². The average Bonchev–Trinajstić information content (AvgIpc) is 2.90. The molecule has 2 aromatic rings. The summed E-state index contributed by atoms with van der Waals surface area (Å²) in [4.78, 5) is 4.83. The van der Waals surface area contributed by atoms with Crippen molar-refractivity contribution < 1.29 is 9.47 Å². The Morgan fingerprint density at radius 2 is 1.95 bits per heavy atom. The Morgan fingerprint density at radius 3 is 2.58 bits per heavy atom. The molecule has 0 bridgehead atoms. The maximum absolute atomic E-state index is 8.83. The van der Waals surface area contributed by atoms with E-state index in [0.29, 0.717) is 23.8 Å². The van der Waals surface area contributed by atoms with Gasteiger partial charge in [0.05, 0.1) is 19.4 Å². The molecular formula is C14H14N2O2S. The smallest absolute Gasteiger partial charge is 0.161 e. The summed E-state index contributed by atoms with van der Waals surface area (Å²) in [5.41, 5.74) is 0.929. The molecule has 0 radical (unpaired) electrons. The van der Waals surface area contributed by atoms with E-state index in [-0.39, 0.29) is 0 Å². The Bertz CT molecular complexity index is 602. The van der Waals surface area contributed by atoms with Gasteiger partial charge in [0.25, 0.3) is 0 Å². The lowest BCUT2D eigenvalue weighted by molar-refractivity contribution is 0.288. The predicted octanol–water partition coefficient (Wildman–Crippen LogP) is 3.48. The van der Waals surface area contributed by atoms with E-state index >= 15 is 0 Å². The van der Waals surface area contributed by atoms with Crippen LogP contribution in [0.4, 0.5) is 0 Å². The zero-order valence-corrected chi connectivity index (χ0v) is 11.7. The van der Waals surface area contributed by atoms with Gasteiger partial charge >= 0.3 is 0 Å². The van der Waals surface area contributed by atoms with Gasteiger partial charge in [0.2, 0.25) is 0 Å². The van der Waals surface area contributed by atoms with Crippen LogP contribution in [0, 0.1) is 11.3 Å². The zero-order chi connectivity index (χ0) is 13.7. The van der Waals surface area contributed by atoms with Crippen molar-refractivity contribution in [3.63, 3.8) is 0 Å². The minimum atomic E-state index is 0.574. The van der Waals surface area contributed by atoms with Gasteiger partial charge in [-0.05, 0) is 32.0 Å². The van der Waals surface area contributed by atoms with E-state index in [1.54, 1.807) is 6.20 Å². The van der Waals surface area contributed by atoms with Crippen LogP contribution in [0.25, 0.3) is 10.6 Å². The Hall–Kier alpha value is -2.06. The first-order valence-electron chi connectivity index (χ1n) is 6.04. The van der Waals surface area contributed by atoms with Gasteiger partial charge in [-0.2, -0.15) is 5.26 Å². The summed E-state index contributed by atoms with van der Waals surface area (Å²) in [6.07, 6.45) is 1.58. The maximum atomic E-state index is 8.83. The predicted molar refractivity (Wildman–Crippen MR) is 74.6 cm³/mol. The van der Waals surface area contributed by atoms with E-state index in [9.17, 15) is 0 Å². The number of aromatic nitrogens is 1. The number of hydrogen-bond donors (Lipinski definition) is 0. The van der Waals surface area contributed by atoms with Crippen LogP contribution in [-0.2, 0) is 0 Å². The van der Waals surface area contributed by atoms with Crippen LogP contribution >= 0.6 is 11.3 Å². The third-order valence-electron chi connectivity index (χ3n) is 2.41. The molecule has 0 saturated carbocycles. The van der Waals surface area contributed by atoms with Gasteiger partial charge in [0.1, 0.15) is 16.0 Å². The van der Waals surface area contributed by atoms with Gasteiger partial charge in [-0.15, -0.1) is 11.3 Å². The second kappa shape index (κ2) is 6.21. The Morgan fingerprint density at radius 1 is 1.21 bits per heavy atom. The van der Waals surface area contributed by atoms with Crippen molar-refractivity contribution in [1.82, 2.24) is 4.98 Å². The van der Waals surface area contributed by atoms with Crippen molar-refractivity contribution in [2.75, 3.05) is 13.2 Å². The monoisotopic (exact) mass is 274 g/mol. The zero-order valence-electron chi connectivity index (χ0n) is 10.8. The average molecular weight is 274 g/mol. The highest BCUT2D eigenvalue weighted by Crippen LogP contribution is 2.34. The first-order chi connectivity index (χ1) is 9.28. The summed E-state index contributed by atoms with van der Waals surface area (Å²) in [7, 11) is 0. The summed E-state index contributed by atoms with van der Waals surface area (Å²) < 4.78 is 11.1. The first-order valence-corrected chi connectivity index (χ1v) is 6.86. The Kier molecular flexibility index (Phi) is 4.37. The van der Waals surface area contributed by atoms with E-state index < -0.39 is 0 Å². The fourth-order valence-corrected chi connectivity index (χ4v) is 2.35. The van der Waals surface area contributed by atoms with Crippen molar-refractivity contribution in [2.24, 2.45) is 0 Å². The highest BCUT2D eigenvalue weighted by molar-refractivity contribution is 7.15. The van der Waals surface area contributed by atoms with Gasteiger partial charge in [-0.3, -0.25) is 0 Å². The quantitative estimate of drug-likeness (QED) is 0.837. The van der Waals surface area contributed by atoms with E-state index in [0.717, 1.165) is 16.3 Å². The third kappa shape index (κ3) is 3.04. The summed E-state index contributed by atoms with van der Waals surface area (Å²) in [5, 5.41) is 9.63. The van der Waals surface area contributed by atoms with Crippen molar-refractivity contribution in [2.45, 2.75) is 13.8 Å². The molecule has 0 aliphatic heterocycles. The third-order valence-corrected chi connectivity index (χ3v) is 3.36. The van der Waals surface area contributed by atoms with Gasteiger partial charge < -0.3 is 9.47 Å². The van der Waals surface area contributed by atoms with Crippen LogP contribution in [0.2, 0.25) is 0 Å². The molecule has 1 heterocycles. The Balaban J connectivity index is 2.36. The number of nitriles is 1. The van der Waals surface area contributed by atoms with Crippen LogP contribution in [0.3, 0.4) is 0 Å². The molecule has 19 heavy (non-hydrogen) atoms. The largest absolute Gasteiger partial charge is 0.490 e. The number of thiazole rings is 1. The number of rotatable bonds is 5. The van der Waals surface area contributed by atoms with Crippen LogP contribution in [0.5, 0.6) is 11.5 Å². The summed E-state index contributed by atoms with van der Waals surface area (Å²) >= 11 is 1.36. The second-order valence-corrected chi connectivity index (χ2v) is 4.70. The lowest BCUT2D eigenvalue weighted by Gasteiger charge is -2.11. The molecule has 4 nitrogen and oxygen atoms in total. The topological polar surface area (TPSA) is 55.1 Å². The van der Waals surface area contributed by atoms with E-state index in [2.05, 4.69) is 11.1 Å². The number of ether oxygens (including phenoxy) is 2. The molecule has 0 aliphatic carbocycles. The molecule has 1 aromatic heterocycles. The standard InChI is InChI=1S/C14H14N2O2S/c1-3-17-12-6-5-10(7-13(12)18-4-2)14-16-9-11(8-15)19-14/h5-7,9H,3-4H2,1-2H3. The number of nitrogens with zero attached hydrogens (tertiary/aromatic N) is 2. The normalized spacial score (nSPS) is 9.95. The first kappa shape index (κ1) is 13.4. The minimum Gasteiger partial charge on any atom is -0.490 e. The van der Waals surface area contributed by atoms with E-state index in [4.69, 9.17) is 14.7 Å². The van der Waals surface area contributed by atoms with Gasteiger partial charge in [0, 0.05) is 5.56 Å². The summed E-state index contributed by atoms with van der Waals surface area (Å²) in [6, 6.07) is 7.78. The number of benzene rings is 1. The fourth-order valence-electron chi connectivity index (χ4n) is 1.64. The van der Waals surface area contributed by atoms with Crippen molar-refractivity contribution in [1.29, 1.82) is 5.26 Å². The molecule has 0 N–H and O–H groups in total. The fraction of sp³-hybridized carbons (Fsp3) is 0.286. The molecule has 5 heteroatoms. The van der Waals surface area contributed by atoms with Gasteiger partial charge in [-0.1, -0.05) is 0 Å². The maximum Gasteiger partial charge on any atom is 0.161 e. The molecule has 98 valence electrons. The van der Waals surface area contributed by atoms with Crippen LogP contribution in [-0.4, -0.2) is 18.2 Å².